The average Bonchev–Trinajstić information content (AvgIpc) is 3.28. The molecular formula is C16H25N3O2. The highest BCUT2D eigenvalue weighted by atomic mass is 16.5. The molecule has 1 aromatic rings. The fraction of sp³-hybridized carbons (Fsp3) is 0.750. The topological polar surface area (TPSA) is 56.1 Å². The van der Waals surface area contributed by atoms with E-state index in [9.17, 15) is 4.79 Å². The third kappa shape index (κ3) is 3.12. The predicted octanol–water partition coefficient (Wildman–Crippen LogP) is 2.92. The van der Waals surface area contributed by atoms with Crippen molar-refractivity contribution in [3.8, 4) is 0 Å². The van der Waals surface area contributed by atoms with Crippen molar-refractivity contribution >= 4 is 11.7 Å². The van der Waals surface area contributed by atoms with Gasteiger partial charge in [-0.25, -0.2) is 0 Å². The second kappa shape index (κ2) is 6.18. The molecule has 1 amide bonds. The van der Waals surface area contributed by atoms with E-state index in [1.54, 1.807) is 0 Å². The van der Waals surface area contributed by atoms with Gasteiger partial charge in [0.2, 0.25) is 5.91 Å². The van der Waals surface area contributed by atoms with E-state index in [2.05, 4.69) is 24.3 Å². The van der Waals surface area contributed by atoms with Crippen LogP contribution in [-0.2, 0) is 16.1 Å². The normalized spacial score (nSPS) is 25.8. The molecule has 0 aromatic carbocycles. The standard InChI is InChI=1S/C16H25N3O2/c1-3-14-12(6-5-9-21-14)16(20)17-15-10-13(11-7-8-11)19(4-2)18-15/h10-12,14H,3-9H2,1-2H3,(H,17,18,20). The van der Waals surface area contributed by atoms with Gasteiger partial charge < -0.3 is 10.1 Å². The molecule has 1 saturated heterocycles. The Kier molecular flexibility index (Phi) is 4.29. The minimum absolute atomic E-state index is 0.0418. The van der Waals surface area contributed by atoms with Gasteiger partial charge in [0.05, 0.1) is 12.0 Å². The number of anilines is 1. The maximum Gasteiger partial charge on any atom is 0.231 e. The minimum atomic E-state index is -0.0418. The molecule has 2 atom stereocenters. The summed E-state index contributed by atoms with van der Waals surface area (Å²) in [5.74, 6) is 1.36. The molecule has 0 radical (unpaired) electrons. The fourth-order valence-corrected chi connectivity index (χ4v) is 3.21. The summed E-state index contributed by atoms with van der Waals surface area (Å²) in [5.41, 5.74) is 1.26. The number of ether oxygens (including phenoxy) is 1. The number of hydrogen-bond acceptors (Lipinski definition) is 3. The summed E-state index contributed by atoms with van der Waals surface area (Å²) in [6.45, 7) is 5.80. The largest absolute Gasteiger partial charge is 0.377 e. The molecule has 2 unspecified atom stereocenters. The smallest absolute Gasteiger partial charge is 0.231 e. The number of carbonyl (C=O) groups excluding carboxylic acids is 1. The first-order valence-electron chi connectivity index (χ1n) is 8.23. The Labute approximate surface area is 126 Å². The highest BCUT2D eigenvalue weighted by Crippen LogP contribution is 2.40. The first kappa shape index (κ1) is 14.6. The van der Waals surface area contributed by atoms with Gasteiger partial charge in [-0.15, -0.1) is 0 Å². The third-order valence-corrected chi connectivity index (χ3v) is 4.54. The van der Waals surface area contributed by atoms with Crippen LogP contribution in [0.5, 0.6) is 0 Å². The van der Waals surface area contributed by atoms with Crippen LogP contribution in [0.25, 0.3) is 0 Å². The molecule has 1 aromatic heterocycles. The van der Waals surface area contributed by atoms with Crippen molar-refractivity contribution in [1.29, 1.82) is 0 Å². The quantitative estimate of drug-likeness (QED) is 0.907. The number of amides is 1. The molecular weight excluding hydrogens is 266 g/mol. The van der Waals surface area contributed by atoms with Crippen LogP contribution in [0, 0.1) is 5.92 Å². The maximum absolute atomic E-state index is 12.5. The molecule has 5 heteroatoms. The van der Waals surface area contributed by atoms with E-state index in [1.165, 1.54) is 18.5 Å². The Hall–Kier alpha value is -1.36. The molecule has 0 spiro atoms. The predicted molar refractivity (Wildman–Crippen MR) is 81.3 cm³/mol. The molecule has 21 heavy (non-hydrogen) atoms. The van der Waals surface area contributed by atoms with Crippen LogP contribution in [0.15, 0.2) is 6.07 Å². The van der Waals surface area contributed by atoms with Gasteiger partial charge in [0.15, 0.2) is 5.82 Å². The van der Waals surface area contributed by atoms with Crippen molar-refractivity contribution in [3.63, 3.8) is 0 Å². The van der Waals surface area contributed by atoms with Gasteiger partial charge in [0.1, 0.15) is 0 Å². The molecule has 3 rings (SSSR count). The first-order valence-corrected chi connectivity index (χ1v) is 8.23. The van der Waals surface area contributed by atoms with Crippen LogP contribution in [0.4, 0.5) is 5.82 Å². The SMILES string of the molecule is CCC1OCCCC1C(=O)Nc1cc(C2CC2)n(CC)n1. The molecule has 0 bridgehead atoms. The molecule has 2 fully saturated rings. The lowest BCUT2D eigenvalue weighted by Crippen LogP contribution is -2.37. The van der Waals surface area contributed by atoms with Gasteiger partial charge in [-0.3, -0.25) is 9.48 Å². The zero-order valence-electron chi connectivity index (χ0n) is 13.0. The van der Waals surface area contributed by atoms with Crippen LogP contribution < -0.4 is 5.32 Å². The lowest BCUT2D eigenvalue weighted by Gasteiger charge is -2.29. The Morgan fingerprint density at radius 1 is 1.43 bits per heavy atom. The van der Waals surface area contributed by atoms with E-state index < -0.39 is 0 Å². The van der Waals surface area contributed by atoms with Crippen molar-refractivity contribution in [3.05, 3.63) is 11.8 Å². The average molecular weight is 291 g/mol. The number of nitrogens with zero attached hydrogens (tertiary/aromatic N) is 2. The summed E-state index contributed by atoms with van der Waals surface area (Å²) >= 11 is 0. The Morgan fingerprint density at radius 2 is 2.24 bits per heavy atom. The summed E-state index contributed by atoms with van der Waals surface area (Å²) in [7, 11) is 0. The number of aryl methyl sites for hydroxylation is 1. The lowest BCUT2D eigenvalue weighted by molar-refractivity contribution is -0.129. The van der Waals surface area contributed by atoms with E-state index in [1.807, 2.05) is 10.7 Å². The number of rotatable bonds is 5. The molecule has 1 aliphatic heterocycles. The molecule has 1 aliphatic carbocycles. The van der Waals surface area contributed by atoms with Crippen LogP contribution in [0.1, 0.15) is 57.6 Å². The Morgan fingerprint density at radius 3 is 2.90 bits per heavy atom. The van der Waals surface area contributed by atoms with Crippen LogP contribution in [0.3, 0.4) is 0 Å². The van der Waals surface area contributed by atoms with E-state index in [0.717, 1.165) is 32.4 Å². The van der Waals surface area contributed by atoms with Crippen molar-refractivity contribution < 1.29 is 9.53 Å². The fourth-order valence-electron chi connectivity index (χ4n) is 3.21. The zero-order valence-corrected chi connectivity index (χ0v) is 13.0. The summed E-state index contributed by atoms with van der Waals surface area (Å²) < 4.78 is 7.73. The lowest BCUT2D eigenvalue weighted by atomic mass is 9.92. The van der Waals surface area contributed by atoms with Crippen molar-refractivity contribution in [2.45, 2.75) is 64.5 Å². The van der Waals surface area contributed by atoms with E-state index in [-0.39, 0.29) is 17.9 Å². The second-order valence-electron chi connectivity index (χ2n) is 6.10. The monoisotopic (exact) mass is 291 g/mol. The van der Waals surface area contributed by atoms with Gasteiger partial charge in [-0.1, -0.05) is 6.92 Å². The third-order valence-electron chi connectivity index (χ3n) is 4.54. The van der Waals surface area contributed by atoms with Crippen LogP contribution in [0.2, 0.25) is 0 Å². The molecule has 5 nitrogen and oxygen atoms in total. The van der Waals surface area contributed by atoms with Crippen LogP contribution >= 0.6 is 0 Å². The molecule has 1 N–H and O–H groups in total. The van der Waals surface area contributed by atoms with Crippen LogP contribution in [-0.4, -0.2) is 28.4 Å². The number of carbonyl (C=O) groups is 1. The number of aromatic nitrogens is 2. The molecule has 2 aliphatic rings. The maximum atomic E-state index is 12.5. The highest BCUT2D eigenvalue weighted by Gasteiger charge is 2.32. The van der Waals surface area contributed by atoms with Crippen molar-refractivity contribution in [1.82, 2.24) is 9.78 Å². The van der Waals surface area contributed by atoms with Gasteiger partial charge in [0, 0.05) is 30.8 Å². The Bertz CT molecular complexity index is 508. The first-order chi connectivity index (χ1) is 10.2. The minimum Gasteiger partial charge on any atom is -0.377 e. The van der Waals surface area contributed by atoms with Gasteiger partial charge >= 0.3 is 0 Å². The van der Waals surface area contributed by atoms with Crippen molar-refractivity contribution in [2.24, 2.45) is 5.92 Å². The zero-order chi connectivity index (χ0) is 14.8. The summed E-state index contributed by atoms with van der Waals surface area (Å²) in [5, 5.41) is 7.52. The molecule has 1 saturated carbocycles. The molecule has 116 valence electrons. The Balaban J connectivity index is 1.69. The van der Waals surface area contributed by atoms with E-state index in [0.29, 0.717) is 11.7 Å². The summed E-state index contributed by atoms with van der Waals surface area (Å²) in [6, 6.07) is 2.05. The second-order valence-corrected chi connectivity index (χ2v) is 6.10. The van der Waals surface area contributed by atoms with Gasteiger partial charge in [-0.2, -0.15) is 5.10 Å². The van der Waals surface area contributed by atoms with Gasteiger partial charge in [0.25, 0.3) is 0 Å². The summed E-state index contributed by atoms with van der Waals surface area (Å²) in [4.78, 5) is 12.5. The number of hydrogen-bond donors (Lipinski definition) is 1. The summed E-state index contributed by atoms with van der Waals surface area (Å²) in [6.07, 6.45) is 5.30. The van der Waals surface area contributed by atoms with Gasteiger partial charge in [-0.05, 0) is 39.0 Å². The highest BCUT2D eigenvalue weighted by molar-refractivity contribution is 5.92. The van der Waals surface area contributed by atoms with E-state index in [4.69, 9.17) is 4.74 Å². The van der Waals surface area contributed by atoms with Crippen molar-refractivity contribution in [2.75, 3.05) is 11.9 Å². The van der Waals surface area contributed by atoms with E-state index >= 15 is 0 Å². The number of nitrogens with one attached hydrogen (secondary N) is 1. The molecule has 2 heterocycles.